The summed E-state index contributed by atoms with van der Waals surface area (Å²) < 4.78 is 10.8. The first-order chi connectivity index (χ1) is 10.6. The molecule has 2 N–H and O–H groups in total. The van der Waals surface area contributed by atoms with Crippen LogP contribution in [0.5, 0.6) is 5.75 Å². The lowest BCUT2D eigenvalue weighted by atomic mass is 10.2. The van der Waals surface area contributed by atoms with Crippen LogP contribution in [0.4, 0.5) is 0 Å². The summed E-state index contributed by atoms with van der Waals surface area (Å²) in [6, 6.07) is 7.70. The van der Waals surface area contributed by atoms with Crippen molar-refractivity contribution in [1.29, 1.82) is 0 Å². The zero-order valence-corrected chi connectivity index (χ0v) is 12.6. The van der Waals surface area contributed by atoms with E-state index in [4.69, 9.17) is 9.47 Å². The topological polar surface area (TPSA) is 75.7 Å². The minimum Gasteiger partial charge on any atom is -0.497 e. The number of nitrogens with one attached hydrogen (secondary N) is 2. The molecule has 2 heterocycles. The molecule has 0 radical (unpaired) electrons. The van der Waals surface area contributed by atoms with Gasteiger partial charge in [0.2, 0.25) is 5.90 Å². The SMILES string of the molecule is COc1ccc2[nH]c(/C=C3\C(=O)NN=C3OC(C)C)cc2c1. The average molecular weight is 299 g/mol. The number of rotatable bonds is 3. The molecule has 0 unspecified atom stereocenters. The van der Waals surface area contributed by atoms with Gasteiger partial charge in [-0.05, 0) is 44.2 Å². The molecule has 3 rings (SSSR count). The lowest BCUT2D eigenvalue weighted by Crippen LogP contribution is -2.16. The first-order valence-electron chi connectivity index (χ1n) is 7.00. The highest BCUT2D eigenvalue weighted by Crippen LogP contribution is 2.23. The molecule has 6 heteroatoms. The summed E-state index contributed by atoms with van der Waals surface area (Å²) in [4.78, 5) is 15.1. The van der Waals surface area contributed by atoms with Gasteiger partial charge in [-0.25, -0.2) is 5.43 Å². The number of hydrogen-bond donors (Lipinski definition) is 2. The van der Waals surface area contributed by atoms with Crippen LogP contribution in [0.1, 0.15) is 19.5 Å². The van der Waals surface area contributed by atoms with Crippen LogP contribution >= 0.6 is 0 Å². The van der Waals surface area contributed by atoms with Gasteiger partial charge in [0.1, 0.15) is 11.3 Å². The van der Waals surface area contributed by atoms with E-state index in [0.717, 1.165) is 22.3 Å². The van der Waals surface area contributed by atoms with Gasteiger partial charge in [-0.1, -0.05) is 0 Å². The minimum absolute atomic E-state index is 0.0539. The molecular formula is C16H17N3O3. The fourth-order valence-corrected chi connectivity index (χ4v) is 2.25. The molecule has 0 spiro atoms. The number of aromatic nitrogens is 1. The van der Waals surface area contributed by atoms with Gasteiger partial charge in [-0.3, -0.25) is 4.79 Å². The first-order valence-corrected chi connectivity index (χ1v) is 7.00. The zero-order chi connectivity index (χ0) is 15.7. The number of hydrogen-bond acceptors (Lipinski definition) is 4. The number of fused-ring (bicyclic) bond motifs is 1. The highest BCUT2D eigenvalue weighted by Gasteiger charge is 2.25. The molecular weight excluding hydrogens is 282 g/mol. The normalized spacial score (nSPS) is 16.3. The summed E-state index contributed by atoms with van der Waals surface area (Å²) in [5.74, 6) is 0.831. The molecule has 1 amide bonds. The molecule has 1 aromatic carbocycles. The Kier molecular flexibility index (Phi) is 3.58. The summed E-state index contributed by atoms with van der Waals surface area (Å²) >= 11 is 0. The molecule has 0 saturated carbocycles. The number of hydrazone groups is 1. The van der Waals surface area contributed by atoms with Crippen molar-refractivity contribution < 1.29 is 14.3 Å². The number of benzene rings is 1. The van der Waals surface area contributed by atoms with Gasteiger partial charge in [-0.15, -0.1) is 5.10 Å². The van der Waals surface area contributed by atoms with Gasteiger partial charge in [0, 0.05) is 16.6 Å². The van der Waals surface area contributed by atoms with Crippen molar-refractivity contribution in [3.63, 3.8) is 0 Å². The van der Waals surface area contributed by atoms with Gasteiger partial charge in [0.05, 0.1) is 13.2 Å². The molecule has 6 nitrogen and oxygen atoms in total. The number of amides is 1. The van der Waals surface area contributed by atoms with Gasteiger partial charge < -0.3 is 14.5 Å². The molecule has 0 fully saturated rings. The Morgan fingerprint density at radius 2 is 2.09 bits per heavy atom. The Hall–Kier alpha value is -2.76. The van der Waals surface area contributed by atoms with Gasteiger partial charge in [0.25, 0.3) is 5.91 Å². The third kappa shape index (κ3) is 2.67. The van der Waals surface area contributed by atoms with Crippen molar-refractivity contribution in [2.24, 2.45) is 5.10 Å². The van der Waals surface area contributed by atoms with Crippen molar-refractivity contribution >= 4 is 28.8 Å². The third-order valence-corrected chi connectivity index (χ3v) is 3.23. The van der Waals surface area contributed by atoms with Crippen LogP contribution in [0.3, 0.4) is 0 Å². The van der Waals surface area contributed by atoms with E-state index in [0.29, 0.717) is 11.5 Å². The molecule has 2 aromatic rings. The Morgan fingerprint density at radius 1 is 1.27 bits per heavy atom. The molecule has 0 atom stereocenters. The maximum atomic E-state index is 11.9. The van der Waals surface area contributed by atoms with Crippen LogP contribution in [0.2, 0.25) is 0 Å². The van der Waals surface area contributed by atoms with Crippen molar-refractivity contribution in [2.45, 2.75) is 20.0 Å². The van der Waals surface area contributed by atoms with Gasteiger partial charge in [0.15, 0.2) is 0 Å². The second-order valence-corrected chi connectivity index (χ2v) is 5.26. The smallest absolute Gasteiger partial charge is 0.277 e. The standard InChI is InChI=1S/C16H17N3O3/c1-9(2)22-16-13(15(20)18-19-16)8-11-6-10-7-12(21-3)4-5-14(10)17-11/h4-9,17H,1-3H3,(H,18,20)/b13-8+. The van der Waals surface area contributed by atoms with E-state index in [1.807, 2.05) is 38.1 Å². The molecule has 1 aliphatic rings. The Labute approximate surface area is 127 Å². The van der Waals surface area contributed by atoms with E-state index in [1.165, 1.54) is 0 Å². The number of ether oxygens (including phenoxy) is 2. The number of H-pyrrole nitrogens is 1. The number of aromatic amines is 1. The monoisotopic (exact) mass is 299 g/mol. The van der Waals surface area contributed by atoms with E-state index < -0.39 is 0 Å². The van der Waals surface area contributed by atoms with Crippen molar-refractivity contribution in [2.75, 3.05) is 7.11 Å². The third-order valence-electron chi connectivity index (χ3n) is 3.23. The second-order valence-electron chi connectivity index (χ2n) is 5.26. The maximum absolute atomic E-state index is 11.9. The number of nitrogens with zero attached hydrogens (tertiary/aromatic N) is 1. The predicted octanol–water partition coefficient (Wildman–Crippen LogP) is 2.43. The van der Waals surface area contributed by atoms with Crippen LogP contribution in [-0.4, -0.2) is 30.0 Å². The molecule has 114 valence electrons. The largest absolute Gasteiger partial charge is 0.497 e. The molecule has 1 aliphatic heterocycles. The molecule has 0 bridgehead atoms. The van der Waals surface area contributed by atoms with Crippen molar-refractivity contribution in [1.82, 2.24) is 10.4 Å². The zero-order valence-electron chi connectivity index (χ0n) is 12.6. The molecule has 0 saturated heterocycles. The highest BCUT2D eigenvalue weighted by atomic mass is 16.5. The quantitative estimate of drug-likeness (QED) is 0.855. The van der Waals surface area contributed by atoms with Gasteiger partial charge in [-0.2, -0.15) is 0 Å². The summed E-state index contributed by atoms with van der Waals surface area (Å²) in [6.07, 6.45) is 1.68. The maximum Gasteiger partial charge on any atom is 0.277 e. The van der Waals surface area contributed by atoms with E-state index in [9.17, 15) is 4.79 Å². The van der Waals surface area contributed by atoms with E-state index in [2.05, 4.69) is 15.5 Å². The predicted molar refractivity (Wildman–Crippen MR) is 84.6 cm³/mol. The number of carbonyl (C=O) groups excluding carboxylic acids is 1. The van der Waals surface area contributed by atoms with Crippen LogP contribution < -0.4 is 10.2 Å². The lowest BCUT2D eigenvalue weighted by molar-refractivity contribution is -0.116. The van der Waals surface area contributed by atoms with E-state index in [-0.39, 0.29) is 12.0 Å². The van der Waals surface area contributed by atoms with Crippen LogP contribution in [-0.2, 0) is 9.53 Å². The Balaban J connectivity index is 1.96. The van der Waals surface area contributed by atoms with Crippen LogP contribution in [0, 0.1) is 0 Å². The van der Waals surface area contributed by atoms with E-state index >= 15 is 0 Å². The molecule has 1 aromatic heterocycles. The van der Waals surface area contributed by atoms with Crippen molar-refractivity contribution in [3.8, 4) is 5.75 Å². The summed E-state index contributed by atoms with van der Waals surface area (Å²) in [6.45, 7) is 3.77. The summed E-state index contributed by atoms with van der Waals surface area (Å²) in [5, 5.41) is 4.92. The average Bonchev–Trinajstić information content (AvgIpc) is 3.03. The fourth-order valence-electron chi connectivity index (χ4n) is 2.25. The first kappa shape index (κ1) is 14.2. The Bertz CT molecular complexity index is 787. The second kappa shape index (κ2) is 5.55. The van der Waals surface area contributed by atoms with E-state index in [1.54, 1.807) is 13.2 Å². The fraction of sp³-hybridized carbons (Fsp3) is 0.250. The van der Waals surface area contributed by atoms with Crippen LogP contribution in [0.25, 0.3) is 17.0 Å². The molecule has 0 aliphatic carbocycles. The number of methoxy groups -OCH3 is 1. The van der Waals surface area contributed by atoms with Gasteiger partial charge >= 0.3 is 0 Å². The summed E-state index contributed by atoms with van der Waals surface area (Å²) in [7, 11) is 1.63. The lowest BCUT2D eigenvalue weighted by Gasteiger charge is -2.08. The molecule has 22 heavy (non-hydrogen) atoms. The van der Waals surface area contributed by atoms with Crippen LogP contribution in [0.15, 0.2) is 34.9 Å². The minimum atomic E-state index is -0.271. The number of carbonyl (C=O) groups is 1. The highest BCUT2D eigenvalue weighted by molar-refractivity contribution is 6.24. The summed E-state index contributed by atoms with van der Waals surface area (Å²) in [5.41, 5.74) is 4.60. The van der Waals surface area contributed by atoms with Crippen molar-refractivity contribution in [3.05, 3.63) is 35.5 Å². The Morgan fingerprint density at radius 3 is 2.82 bits per heavy atom.